The van der Waals surface area contributed by atoms with E-state index in [1.54, 1.807) is 4.68 Å². The number of sulfonamides is 1. The van der Waals surface area contributed by atoms with Crippen LogP contribution in [0.1, 0.15) is 29.8 Å². The molecule has 0 atom stereocenters. The van der Waals surface area contributed by atoms with Gasteiger partial charge in [-0.1, -0.05) is 6.92 Å². The van der Waals surface area contributed by atoms with E-state index in [-0.39, 0.29) is 18.1 Å². The van der Waals surface area contributed by atoms with E-state index in [4.69, 9.17) is 0 Å². The fraction of sp³-hybridized carbons (Fsp3) is 0.667. The van der Waals surface area contributed by atoms with Crippen molar-refractivity contribution >= 4 is 16.3 Å². The van der Waals surface area contributed by atoms with Crippen LogP contribution in [-0.2, 0) is 23.1 Å². The van der Waals surface area contributed by atoms with E-state index in [2.05, 4.69) is 10.1 Å². The molecule has 17 heavy (non-hydrogen) atoms. The summed E-state index contributed by atoms with van der Waals surface area (Å²) >= 11 is 0. The van der Waals surface area contributed by atoms with Crippen molar-refractivity contribution in [1.82, 2.24) is 19.1 Å². The zero-order chi connectivity index (χ0) is 12.5. The maximum absolute atomic E-state index is 11.9. The summed E-state index contributed by atoms with van der Waals surface area (Å²) in [5, 5.41) is 3.95. The predicted molar refractivity (Wildman–Crippen MR) is 59.9 cm³/mol. The van der Waals surface area contributed by atoms with Crippen LogP contribution in [0.2, 0.25) is 0 Å². The molecule has 0 N–H and O–H groups in total. The Morgan fingerprint density at radius 1 is 1.41 bits per heavy atom. The number of nitrogens with zero attached hydrogens (tertiary/aromatic N) is 4. The van der Waals surface area contributed by atoms with E-state index in [1.165, 1.54) is 4.31 Å². The van der Waals surface area contributed by atoms with Gasteiger partial charge in [0, 0.05) is 6.54 Å². The number of aromatic nitrogens is 3. The van der Waals surface area contributed by atoms with Gasteiger partial charge in [0.25, 0.3) is 0 Å². The first-order chi connectivity index (χ1) is 8.06. The Morgan fingerprint density at radius 3 is 2.82 bits per heavy atom. The maximum atomic E-state index is 11.9. The summed E-state index contributed by atoms with van der Waals surface area (Å²) < 4.78 is 26.7. The van der Waals surface area contributed by atoms with Crippen LogP contribution in [0.15, 0.2) is 0 Å². The van der Waals surface area contributed by atoms with E-state index in [0.717, 1.165) is 0 Å². The molecule has 1 aliphatic heterocycles. The second-order valence-corrected chi connectivity index (χ2v) is 5.97. The largest absolute Gasteiger partial charge is 0.294 e. The molecule has 7 nitrogen and oxygen atoms in total. The third-order valence-electron chi connectivity index (χ3n) is 2.60. The van der Waals surface area contributed by atoms with Gasteiger partial charge >= 0.3 is 0 Å². The second-order valence-electron chi connectivity index (χ2n) is 3.88. The molecule has 0 aromatic carbocycles. The summed E-state index contributed by atoms with van der Waals surface area (Å²) in [4.78, 5) is 14.5. The Labute approximate surface area is 99.5 Å². The van der Waals surface area contributed by atoms with Crippen LogP contribution < -0.4 is 0 Å². The highest BCUT2D eigenvalue weighted by Crippen LogP contribution is 2.14. The zero-order valence-electron chi connectivity index (χ0n) is 9.53. The molecule has 2 heterocycles. The summed E-state index contributed by atoms with van der Waals surface area (Å²) in [6, 6.07) is 0. The number of hydrogen-bond acceptors (Lipinski definition) is 5. The van der Waals surface area contributed by atoms with E-state index in [0.29, 0.717) is 31.6 Å². The van der Waals surface area contributed by atoms with Crippen molar-refractivity contribution in [2.24, 2.45) is 0 Å². The minimum Gasteiger partial charge on any atom is -0.294 e. The van der Waals surface area contributed by atoms with Gasteiger partial charge in [0.2, 0.25) is 15.8 Å². The lowest BCUT2D eigenvalue weighted by Crippen LogP contribution is -2.39. The lowest BCUT2D eigenvalue weighted by Gasteiger charge is -2.25. The lowest BCUT2D eigenvalue weighted by molar-refractivity contribution is 0.111. The number of fused-ring (bicyclic) bond motifs is 1. The van der Waals surface area contributed by atoms with Crippen molar-refractivity contribution < 1.29 is 13.2 Å². The molecule has 0 aliphatic carbocycles. The first-order valence-corrected chi connectivity index (χ1v) is 7.04. The van der Waals surface area contributed by atoms with Gasteiger partial charge in [-0.25, -0.2) is 18.1 Å². The molecule has 1 aromatic rings. The van der Waals surface area contributed by atoms with Crippen LogP contribution in [0.4, 0.5) is 0 Å². The first kappa shape index (κ1) is 12.2. The van der Waals surface area contributed by atoms with E-state index < -0.39 is 10.0 Å². The Balaban J connectivity index is 2.21. The quantitative estimate of drug-likeness (QED) is 0.689. The summed E-state index contributed by atoms with van der Waals surface area (Å²) in [5.74, 6) is 0.773. The van der Waals surface area contributed by atoms with E-state index in [1.807, 2.05) is 6.92 Å². The van der Waals surface area contributed by atoms with Crippen LogP contribution in [0, 0.1) is 0 Å². The minimum atomic E-state index is -3.21. The minimum absolute atomic E-state index is 0.106. The summed E-state index contributed by atoms with van der Waals surface area (Å²) in [5.41, 5.74) is 0. The van der Waals surface area contributed by atoms with Crippen LogP contribution in [0.3, 0.4) is 0 Å². The Bertz CT molecular complexity index is 522. The molecule has 0 saturated carbocycles. The molecule has 0 amide bonds. The van der Waals surface area contributed by atoms with E-state index in [9.17, 15) is 13.2 Å². The smallest absolute Gasteiger partial charge is 0.214 e. The number of carbonyl (C=O) groups is 1. The average molecular weight is 258 g/mol. The molecule has 0 saturated heterocycles. The van der Waals surface area contributed by atoms with Gasteiger partial charge in [0.15, 0.2) is 6.29 Å². The van der Waals surface area contributed by atoms with Gasteiger partial charge in [0.1, 0.15) is 5.82 Å². The van der Waals surface area contributed by atoms with Gasteiger partial charge in [-0.05, 0) is 6.42 Å². The average Bonchev–Trinajstić information content (AvgIpc) is 2.70. The molecule has 1 aromatic heterocycles. The highest BCUT2D eigenvalue weighted by molar-refractivity contribution is 7.89. The third kappa shape index (κ3) is 2.37. The Hall–Kier alpha value is -1.28. The maximum Gasteiger partial charge on any atom is 0.214 e. The Kier molecular flexibility index (Phi) is 3.25. The van der Waals surface area contributed by atoms with Gasteiger partial charge in [-0.2, -0.15) is 4.31 Å². The highest BCUT2D eigenvalue weighted by Gasteiger charge is 2.27. The molecule has 1 aliphatic rings. The number of hydrogen-bond donors (Lipinski definition) is 0. The van der Waals surface area contributed by atoms with Crippen LogP contribution in [0.5, 0.6) is 0 Å². The normalized spacial score (nSPS) is 16.8. The molecule has 0 unspecified atom stereocenters. The van der Waals surface area contributed by atoms with Gasteiger partial charge in [-0.15, -0.1) is 5.10 Å². The van der Waals surface area contributed by atoms with Crippen molar-refractivity contribution in [3.63, 3.8) is 0 Å². The van der Waals surface area contributed by atoms with Crippen LogP contribution in [-0.4, -0.2) is 46.1 Å². The molecule has 2 rings (SSSR count). The van der Waals surface area contributed by atoms with E-state index >= 15 is 0 Å². The zero-order valence-corrected chi connectivity index (χ0v) is 10.4. The second kappa shape index (κ2) is 4.53. The first-order valence-electron chi connectivity index (χ1n) is 5.43. The SMILES string of the molecule is CCCS(=O)(=O)N1CCn2nc(C=O)nc2C1. The fourth-order valence-electron chi connectivity index (χ4n) is 1.81. The summed E-state index contributed by atoms with van der Waals surface area (Å²) in [6.45, 7) is 2.85. The van der Waals surface area contributed by atoms with Crippen molar-refractivity contribution in [1.29, 1.82) is 0 Å². The Morgan fingerprint density at radius 2 is 2.18 bits per heavy atom. The molecule has 0 fully saturated rings. The van der Waals surface area contributed by atoms with Crippen LogP contribution in [0.25, 0.3) is 0 Å². The van der Waals surface area contributed by atoms with Gasteiger partial charge < -0.3 is 0 Å². The van der Waals surface area contributed by atoms with Crippen molar-refractivity contribution in [3.8, 4) is 0 Å². The topological polar surface area (TPSA) is 85.2 Å². The molecule has 8 heteroatoms. The molecule has 0 bridgehead atoms. The lowest BCUT2D eigenvalue weighted by atomic mass is 10.4. The number of carbonyl (C=O) groups excluding carboxylic acids is 1. The third-order valence-corrected chi connectivity index (χ3v) is 4.63. The van der Waals surface area contributed by atoms with Gasteiger partial charge in [0.05, 0.1) is 18.8 Å². The van der Waals surface area contributed by atoms with Gasteiger partial charge in [-0.3, -0.25) is 4.79 Å². The number of aldehydes is 1. The number of rotatable bonds is 4. The van der Waals surface area contributed by atoms with Crippen molar-refractivity contribution in [2.45, 2.75) is 26.4 Å². The highest BCUT2D eigenvalue weighted by atomic mass is 32.2. The summed E-state index contributed by atoms with van der Waals surface area (Å²) in [6.07, 6.45) is 1.15. The summed E-state index contributed by atoms with van der Waals surface area (Å²) in [7, 11) is -3.21. The van der Waals surface area contributed by atoms with Crippen molar-refractivity contribution in [2.75, 3.05) is 12.3 Å². The predicted octanol–water partition coefficient (Wildman–Crippen LogP) is -0.354. The monoisotopic (exact) mass is 258 g/mol. The molecule has 0 spiro atoms. The van der Waals surface area contributed by atoms with Crippen molar-refractivity contribution in [3.05, 3.63) is 11.6 Å². The molecular weight excluding hydrogens is 244 g/mol. The molecule has 94 valence electrons. The molecule has 0 radical (unpaired) electrons. The molecular formula is C9H14N4O3S. The standard InChI is InChI=1S/C9H14N4O3S/c1-2-5-17(15,16)12-3-4-13-9(6-12)10-8(7-14)11-13/h7H,2-6H2,1H3. The fourth-order valence-corrected chi connectivity index (χ4v) is 3.25. The van der Waals surface area contributed by atoms with Crippen LogP contribution >= 0.6 is 0 Å².